The molecule has 0 bridgehead atoms. The average molecular weight is 503 g/mol. The van der Waals surface area contributed by atoms with E-state index in [-0.39, 0.29) is 52.9 Å². The number of fused-ring (bicyclic) bond motifs is 6. The van der Waals surface area contributed by atoms with E-state index in [0.29, 0.717) is 12.8 Å². The fourth-order valence-corrected chi connectivity index (χ4v) is 9.89. The van der Waals surface area contributed by atoms with Crippen molar-refractivity contribution in [3.05, 3.63) is 11.6 Å². The average Bonchev–Trinajstić information content (AvgIpc) is 3.36. The maximum absolute atomic E-state index is 13.7. The molecule has 2 saturated heterocycles. The van der Waals surface area contributed by atoms with Crippen LogP contribution in [0.25, 0.3) is 0 Å². The first kappa shape index (κ1) is 25.5. The van der Waals surface area contributed by atoms with Gasteiger partial charge in [0.25, 0.3) is 0 Å². The summed E-state index contributed by atoms with van der Waals surface area (Å²) in [5.74, 6) is -0.559. The molecule has 10 atom stereocenters. The number of carbonyl (C=O) groups excluding carboxylic acids is 1. The van der Waals surface area contributed by atoms with Crippen LogP contribution in [0.4, 0.5) is 0 Å². The van der Waals surface area contributed by atoms with E-state index in [1.54, 1.807) is 0 Å². The molecule has 0 aromatic carbocycles. The standard InChI is InChI=1S/C30H46O6/c1-25(2)11-10-24(36-25)29(7,32)23-9-13-30(33)18-14-20(31)19-15-21-22(35-26(3,4)34-21)16-27(19,5)17(18)8-12-28(23,30)6/h14,17,19,21-24,32-33H,8-13,15-16H2,1-7H3/t17-,19-,21+,22-,23-,24+,27+,28+,29+,30+/m0/s1. The molecular weight excluding hydrogens is 456 g/mol. The Hall–Kier alpha value is -0.790. The Morgan fingerprint density at radius 1 is 0.917 bits per heavy atom. The summed E-state index contributed by atoms with van der Waals surface area (Å²) in [5, 5.41) is 24.5. The summed E-state index contributed by atoms with van der Waals surface area (Å²) in [6, 6.07) is 0. The van der Waals surface area contributed by atoms with E-state index in [1.165, 1.54) is 0 Å². The minimum atomic E-state index is -1.09. The maximum Gasteiger partial charge on any atom is 0.163 e. The summed E-state index contributed by atoms with van der Waals surface area (Å²) >= 11 is 0. The first-order chi connectivity index (χ1) is 16.5. The lowest BCUT2D eigenvalue weighted by Crippen LogP contribution is -2.62. The van der Waals surface area contributed by atoms with Crippen molar-refractivity contribution in [2.45, 2.75) is 141 Å². The molecule has 0 amide bonds. The summed E-state index contributed by atoms with van der Waals surface area (Å²) in [5.41, 5.74) is -2.21. The van der Waals surface area contributed by atoms with Crippen molar-refractivity contribution >= 4 is 5.78 Å². The van der Waals surface area contributed by atoms with Gasteiger partial charge >= 0.3 is 0 Å². The molecule has 0 spiro atoms. The summed E-state index contributed by atoms with van der Waals surface area (Å²) in [7, 11) is 0. The van der Waals surface area contributed by atoms with Gasteiger partial charge in [0, 0.05) is 11.3 Å². The molecule has 5 fully saturated rings. The van der Waals surface area contributed by atoms with Gasteiger partial charge in [0.2, 0.25) is 0 Å². The molecule has 6 aliphatic rings. The number of ether oxygens (including phenoxy) is 3. The molecule has 2 aliphatic heterocycles. The number of rotatable bonds is 2. The van der Waals surface area contributed by atoms with Gasteiger partial charge in [-0.05, 0) is 115 Å². The fraction of sp³-hybridized carbons (Fsp3) is 0.900. The molecule has 36 heavy (non-hydrogen) atoms. The molecule has 0 radical (unpaired) electrons. The van der Waals surface area contributed by atoms with Crippen molar-refractivity contribution in [1.82, 2.24) is 0 Å². The lowest BCUT2D eigenvalue weighted by Gasteiger charge is -2.60. The van der Waals surface area contributed by atoms with E-state index >= 15 is 0 Å². The predicted octanol–water partition coefficient (Wildman–Crippen LogP) is 4.70. The van der Waals surface area contributed by atoms with Crippen LogP contribution in [0.15, 0.2) is 11.6 Å². The molecule has 0 aromatic rings. The van der Waals surface area contributed by atoms with E-state index < -0.39 is 22.4 Å². The monoisotopic (exact) mass is 502 g/mol. The van der Waals surface area contributed by atoms with Crippen LogP contribution in [0.5, 0.6) is 0 Å². The Kier molecular flexibility index (Phi) is 5.27. The normalized spacial score (nSPS) is 52.6. The lowest BCUT2D eigenvalue weighted by atomic mass is 9.45. The largest absolute Gasteiger partial charge is 0.387 e. The van der Waals surface area contributed by atoms with Crippen molar-refractivity contribution in [1.29, 1.82) is 0 Å². The van der Waals surface area contributed by atoms with Crippen LogP contribution in [0, 0.1) is 28.6 Å². The third kappa shape index (κ3) is 3.30. The molecule has 6 heteroatoms. The van der Waals surface area contributed by atoms with Gasteiger partial charge in [-0.1, -0.05) is 13.8 Å². The minimum Gasteiger partial charge on any atom is -0.387 e. The first-order valence-corrected chi connectivity index (χ1v) is 14.3. The van der Waals surface area contributed by atoms with Gasteiger partial charge in [0.05, 0.1) is 35.1 Å². The van der Waals surface area contributed by atoms with Gasteiger partial charge in [-0.3, -0.25) is 4.79 Å². The Morgan fingerprint density at radius 3 is 2.28 bits per heavy atom. The molecular formula is C30H46O6. The van der Waals surface area contributed by atoms with Gasteiger partial charge in [-0.15, -0.1) is 0 Å². The molecule has 2 heterocycles. The van der Waals surface area contributed by atoms with Crippen molar-refractivity contribution in [2.24, 2.45) is 28.6 Å². The summed E-state index contributed by atoms with van der Waals surface area (Å²) in [4.78, 5) is 13.7. The number of ketones is 1. The summed E-state index contributed by atoms with van der Waals surface area (Å²) < 4.78 is 18.8. The number of allylic oxidation sites excluding steroid dienone is 1. The quantitative estimate of drug-likeness (QED) is 0.570. The molecule has 2 N–H and O–H groups in total. The van der Waals surface area contributed by atoms with Crippen molar-refractivity contribution < 1.29 is 29.2 Å². The third-order valence-corrected chi connectivity index (χ3v) is 11.8. The van der Waals surface area contributed by atoms with Crippen LogP contribution in [-0.4, -0.2) is 56.9 Å². The van der Waals surface area contributed by atoms with Crippen LogP contribution < -0.4 is 0 Å². The number of aliphatic hydroxyl groups is 2. The highest BCUT2D eigenvalue weighted by Crippen LogP contribution is 2.69. The van der Waals surface area contributed by atoms with Crippen molar-refractivity contribution in [3.8, 4) is 0 Å². The first-order valence-electron chi connectivity index (χ1n) is 14.3. The predicted molar refractivity (Wildman–Crippen MR) is 135 cm³/mol. The summed E-state index contributed by atoms with van der Waals surface area (Å²) in [6.07, 6.45) is 7.77. The second-order valence-corrected chi connectivity index (χ2v) is 14.8. The van der Waals surface area contributed by atoms with E-state index in [1.807, 2.05) is 26.8 Å². The Morgan fingerprint density at radius 2 is 1.61 bits per heavy atom. The van der Waals surface area contributed by atoms with E-state index in [0.717, 1.165) is 44.1 Å². The van der Waals surface area contributed by atoms with Crippen LogP contribution in [0.2, 0.25) is 0 Å². The highest BCUT2D eigenvalue weighted by molar-refractivity contribution is 5.95. The molecule has 4 aliphatic carbocycles. The lowest BCUT2D eigenvalue weighted by molar-refractivity contribution is -0.186. The Bertz CT molecular complexity index is 997. The second-order valence-electron chi connectivity index (χ2n) is 14.8. The smallest absolute Gasteiger partial charge is 0.163 e. The van der Waals surface area contributed by atoms with Crippen LogP contribution in [0.3, 0.4) is 0 Å². The third-order valence-electron chi connectivity index (χ3n) is 11.8. The van der Waals surface area contributed by atoms with Crippen molar-refractivity contribution in [2.75, 3.05) is 0 Å². The van der Waals surface area contributed by atoms with Gasteiger partial charge in [-0.25, -0.2) is 0 Å². The SMILES string of the molecule is CC1(C)CC[C@H]([C@](C)(O)[C@H]2CC[C@@]3(O)C4=CC(=O)[C@@H]5C[C@H]6OC(C)(C)O[C@H]6C[C@]5(C)[C@H]4CC[C@]23C)O1. The van der Waals surface area contributed by atoms with E-state index in [9.17, 15) is 15.0 Å². The molecule has 3 saturated carbocycles. The Balaban J connectivity index is 1.33. The fourth-order valence-electron chi connectivity index (χ4n) is 9.89. The number of hydrogen-bond acceptors (Lipinski definition) is 6. The van der Waals surface area contributed by atoms with Crippen LogP contribution >= 0.6 is 0 Å². The number of hydrogen-bond donors (Lipinski definition) is 2. The van der Waals surface area contributed by atoms with Gasteiger partial charge < -0.3 is 24.4 Å². The second kappa shape index (κ2) is 7.44. The van der Waals surface area contributed by atoms with Crippen molar-refractivity contribution in [3.63, 3.8) is 0 Å². The minimum absolute atomic E-state index is 0.0173. The summed E-state index contributed by atoms with van der Waals surface area (Å²) in [6.45, 7) is 14.4. The zero-order chi connectivity index (χ0) is 26.1. The van der Waals surface area contributed by atoms with Gasteiger partial charge in [0.15, 0.2) is 11.6 Å². The molecule has 0 unspecified atom stereocenters. The van der Waals surface area contributed by atoms with Crippen LogP contribution in [0.1, 0.15) is 99.8 Å². The molecule has 0 aromatic heterocycles. The Labute approximate surface area is 216 Å². The van der Waals surface area contributed by atoms with Crippen LogP contribution in [-0.2, 0) is 19.0 Å². The topological polar surface area (TPSA) is 85.2 Å². The molecule has 6 rings (SSSR count). The number of carbonyl (C=O) groups is 1. The highest BCUT2D eigenvalue weighted by atomic mass is 16.8. The highest BCUT2D eigenvalue weighted by Gasteiger charge is 2.70. The zero-order valence-electron chi connectivity index (χ0n) is 23.2. The van der Waals surface area contributed by atoms with E-state index in [2.05, 4.69) is 27.7 Å². The zero-order valence-corrected chi connectivity index (χ0v) is 23.2. The maximum atomic E-state index is 13.7. The van der Waals surface area contributed by atoms with Gasteiger partial charge in [-0.2, -0.15) is 0 Å². The van der Waals surface area contributed by atoms with E-state index in [4.69, 9.17) is 14.2 Å². The van der Waals surface area contributed by atoms with Gasteiger partial charge in [0.1, 0.15) is 0 Å². The molecule has 202 valence electrons. The molecule has 6 nitrogen and oxygen atoms in total.